The molecule has 0 radical (unpaired) electrons. The lowest BCUT2D eigenvalue weighted by Gasteiger charge is -2.40. The van der Waals surface area contributed by atoms with Crippen molar-refractivity contribution in [2.45, 2.75) is 37.6 Å². The molecule has 3 aromatic rings. The van der Waals surface area contributed by atoms with Crippen molar-refractivity contribution in [1.82, 2.24) is 19.3 Å². The fourth-order valence-corrected chi connectivity index (χ4v) is 6.34. The number of rotatable bonds is 4. The Balaban J connectivity index is 1.27. The highest BCUT2D eigenvalue weighted by molar-refractivity contribution is 6.30. The summed E-state index contributed by atoms with van der Waals surface area (Å²) in [6, 6.07) is 14.9. The van der Waals surface area contributed by atoms with Crippen LogP contribution in [0.25, 0.3) is 16.6 Å². The number of likely N-dealkylation sites (tertiary alicyclic amines) is 2. The first-order valence-electron chi connectivity index (χ1n) is 14.0. The SMILES string of the molecule is O=C(c1ccc2c(c1)cc(C(=O)N1CCC(F)(F)CC1)n2-c1cccc(Cl)c1)N1CCC(N2CCOCC2)CC1. The number of aromatic nitrogens is 1. The van der Waals surface area contributed by atoms with E-state index in [9.17, 15) is 18.4 Å². The van der Waals surface area contributed by atoms with Gasteiger partial charge in [-0.15, -0.1) is 0 Å². The number of ether oxygens (including phenoxy) is 1. The van der Waals surface area contributed by atoms with E-state index >= 15 is 0 Å². The summed E-state index contributed by atoms with van der Waals surface area (Å²) in [6.45, 7) is 4.81. The fourth-order valence-electron chi connectivity index (χ4n) is 6.16. The van der Waals surface area contributed by atoms with Crippen LogP contribution in [0.3, 0.4) is 0 Å². The summed E-state index contributed by atoms with van der Waals surface area (Å²) in [5.74, 6) is -3.09. The van der Waals surface area contributed by atoms with Crippen LogP contribution >= 0.6 is 11.6 Å². The van der Waals surface area contributed by atoms with E-state index in [0.717, 1.165) is 50.0 Å². The molecule has 6 rings (SSSR count). The number of amides is 2. The molecule has 40 heavy (non-hydrogen) atoms. The predicted molar refractivity (Wildman–Crippen MR) is 150 cm³/mol. The van der Waals surface area contributed by atoms with Crippen molar-refractivity contribution < 1.29 is 23.1 Å². The zero-order chi connectivity index (χ0) is 27.9. The Kier molecular flexibility index (Phi) is 7.54. The molecular formula is C30H33ClF2N4O3. The Bertz CT molecular complexity index is 1400. The number of carbonyl (C=O) groups excluding carboxylic acids is 2. The molecule has 3 saturated heterocycles. The van der Waals surface area contributed by atoms with Crippen LogP contribution in [0.4, 0.5) is 8.78 Å². The normalized spacial score (nSPS) is 20.7. The van der Waals surface area contributed by atoms with Gasteiger partial charge in [0.05, 0.1) is 18.7 Å². The smallest absolute Gasteiger partial charge is 0.270 e. The number of carbonyl (C=O) groups is 2. The first-order chi connectivity index (χ1) is 19.3. The van der Waals surface area contributed by atoms with Gasteiger partial charge in [0.25, 0.3) is 17.7 Å². The number of hydrogen-bond donors (Lipinski definition) is 0. The Morgan fingerprint density at radius 1 is 0.850 bits per heavy atom. The molecule has 3 aliphatic rings. The number of morpholine rings is 1. The number of nitrogens with zero attached hydrogens (tertiary/aromatic N) is 4. The van der Waals surface area contributed by atoms with Gasteiger partial charge in [0.1, 0.15) is 5.69 Å². The number of halogens is 3. The van der Waals surface area contributed by atoms with E-state index in [-0.39, 0.29) is 37.7 Å². The van der Waals surface area contributed by atoms with Crippen LogP contribution in [0.2, 0.25) is 5.02 Å². The zero-order valence-electron chi connectivity index (χ0n) is 22.3. The maximum atomic E-state index is 13.8. The third kappa shape index (κ3) is 5.47. The molecule has 212 valence electrons. The first-order valence-corrected chi connectivity index (χ1v) is 14.4. The van der Waals surface area contributed by atoms with Crippen molar-refractivity contribution in [3.05, 3.63) is 64.8 Å². The molecule has 7 nitrogen and oxygen atoms in total. The molecule has 0 unspecified atom stereocenters. The standard InChI is InChI=1S/C30H33ClF2N4O3/c31-23-2-1-3-25(20-23)37-26-5-4-21(28(38)35-10-6-24(7-11-35)34-14-16-40-17-15-34)18-22(26)19-27(37)29(39)36-12-8-30(32,33)9-13-36/h1-5,18-20,24H,6-17H2. The lowest BCUT2D eigenvalue weighted by molar-refractivity contribution is -0.0495. The molecule has 3 aliphatic heterocycles. The molecule has 0 spiro atoms. The van der Waals surface area contributed by atoms with Gasteiger partial charge in [-0.3, -0.25) is 14.5 Å². The maximum Gasteiger partial charge on any atom is 0.270 e. The number of fused-ring (bicyclic) bond motifs is 1. The Morgan fingerprint density at radius 3 is 2.25 bits per heavy atom. The zero-order valence-corrected chi connectivity index (χ0v) is 23.1. The maximum absolute atomic E-state index is 13.8. The second-order valence-electron chi connectivity index (χ2n) is 10.9. The summed E-state index contributed by atoms with van der Waals surface area (Å²) in [6.07, 6.45) is 1.17. The third-order valence-electron chi connectivity index (χ3n) is 8.43. The molecule has 4 heterocycles. The van der Waals surface area contributed by atoms with E-state index in [0.29, 0.717) is 41.1 Å². The molecule has 2 aromatic carbocycles. The molecule has 0 atom stereocenters. The van der Waals surface area contributed by atoms with Crippen LogP contribution in [-0.4, -0.2) is 95.5 Å². The summed E-state index contributed by atoms with van der Waals surface area (Å²) < 4.78 is 34.9. The third-order valence-corrected chi connectivity index (χ3v) is 8.67. The van der Waals surface area contributed by atoms with Crippen LogP contribution in [-0.2, 0) is 4.74 Å². The Hall–Kier alpha value is -3.01. The van der Waals surface area contributed by atoms with Crippen molar-refractivity contribution in [2.75, 3.05) is 52.5 Å². The van der Waals surface area contributed by atoms with Crippen molar-refractivity contribution in [2.24, 2.45) is 0 Å². The summed E-state index contributed by atoms with van der Waals surface area (Å²) in [7, 11) is 0. The topological polar surface area (TPSA) is 58.0 Å². The lowest BCUT2D eigenvalue weighted by Crippen LogP contribution is -2.50. The average molecular weight is 571 g/mol. The minimum Gasteiger partial charge on any atom is -0.379 e. The van der Waals surface area contributed by atoms with Gasteiger partial charge in [-0.1, -0.05) is 17.7 Å². The molecule has 1 aromatic heterocycles. The molecule has 0 aliphatic carbocycles. The Labute approximate surface area is 237 Å². The molecule has 0 saturated carbocycles. The number of benzene rings is 2. The average Bonchev–Trinajstić information content (AvgIpc) is 3.36. The van der Waals surface area contributed by atoms with Gasteiger partial charge >= 0.3 is 0 Å². The minimum atomic E-state index is -2.75. The van der Waals surface area contributed by atoms with E-state index < -0.39 is 5.92 Å². The minimum absolute atomic E-state index is 0.00690. The molecule has 0 bridgehead atoms. The van der Waals surface area contributed by atoms with Gasteiger partial charge in [-0.2, -0.15) is 0 Å². The molecule has 3 fully saturated rings. The van der Waals surface area contributed by atoms with Gasteiger partial charge in [-0.05, 0) is 55.3 Å². The first kappa shape index (κ1) is 27.2. The van der Waals surface area contributed by atoms with Crippen molar-refractivity contribution in [1.29, 1.82) is 0 Å². The Morgan fingerprint density at radius 2 is 1.55 bits per heavy atom. The highest BCUT2D eigenvalue weighted by atomic mass is 35.5. The van der Waals surface area contributed by atoms with Gasteiger partial charge in [-0.25, -0.2) is 8.78 Å². The van der Waals surface area contributed by atoms with Gasteiger partial charge in [0.15, 0.2) is 0 Å². The summed E-state index contributed by atoms with van der Waals surface area (Å²) in [5.41, 5.74) is 2.36. The number of hydrogen-bond acceptors (Lipinski definition) is 4. The van der Waals surface area contributed by atoms with Crippen LogP contribution in [0.5, 0.6) is 0 Å². The largest absolute Gasteiger partial charge is 0.379 e. The van der Waals surface area contributed by atoms with Gasteiger partial charge in [0.2, 0.25) is 0 Å². The summed E-state index contributed by atoms with van der Waals surface area (Å²) >= 11 is 6.29. The van der Waals surface area contributed by atoms with Crippen molar-refractivity contribution in [3.8, 4) is 5.69 Å². The number of alkyl halides is 2. The van der Waals surface area contributed by atoms with E-state index in [1.807, 2.05) is 23.1 Å². The summed E-state index contributed by atoms with van der Waals surface area (Å²) in [4.78, 5) is 33.0. The second-order valence-corrected chi connectivity index (χ2v) is 11.4. The van der Waals surface area contributed by atoms with Crippen LogP contribution < -0.4 is 0 Å². The quantitative estimate of drug-likeness (QED) is 0.438. The van der Waals surface area contributed by atoms with Crippen molar-refractivity contribution >= 4 is 34.3 Å². The second kappa shape index (κ2) is 11.1. The van der Waals surface area contributed by atoms with E-state index in [2.05, 4.69) is 4.90 Å². The van der Waals surface area contributed by atoms with Crippen LogP contribution in [0, 0.1) is 0 Å². The highest BCUT2D eigenvalue weighted by Gasteiger charge is 2.37. The molecule has 0 N–H and O–H groups in total. The molecule has 2 amide bonds. The van der Waals surface area contributed by atoms with Crippen LogP contribution in [0.1, 0.15) is 46.5 Å². The van der Waals surface area contributed by atoms with Gasteiger partial charge < -0.3 is 19.1 Å². The van der Waals surface area contributed by atoms with Gasteiger partial charge in [0, 0.05) is 79.8 Å². The molecular weight excluding hydrogens is 538 g/mol. The van der Waals surface area contributed by atoms with Crippen molar-refractivity contribution in [3.63, 3.8) is 0 Å². The monoisotopic (exact) mass is 570 g/mol. The summed E-state index contributed by atoms with van der Waals surface area (Å²) in [5, 5.41) is 1.25. The van der Waals surface area contributed by atoms with E-state index in [4.69, 9.17) is 16.3 Å². The van der Waals surface area contributed by atoms with E-state index in [1.165, 1.54) is 4.90 Å². The fraction of sp³-hybridized carbons (Fsp3) is 0.467. The van der Waals surface area contributed by atoms with E-state index in [1.54, 1.807) is 34.9 Å². The predicted octanol–water partition coefficient (Wildman–Crippen LogP) is 5.09. The van der Waals surface area contributed by atoms with Crippen LogP contribution in [0.15, 0.2) is 48.5 Å². The highest BCUT2D eigenvalue weighted by Crippen LogP contribution is 2.32. The number of piperidine rings is 2. The lowest BCUT2D eigenvalue weighted by atomic mass is 10.0. The molecule has 10 heteroatoms.